The molecule has 1 aromatic carbocycles. The van der Waals surface area contributed by atoms with Crippen LogP contribution in [0.4, 0.5) is 0 Å². The Bertz CT molecular complexity index is 558. The molecule has 0 N–H and O–H groups in total. The minimum Gasteiger partial charge on any atom is -0.377 e. The monoisotopic (exact) mass is 546 g/mol. The lowest BCUT2D eigenvalue weighted by Crippen LogP contribution is -2.46. The molecule has 10 heteroatoms. The first-order valence-corrected chi connectivity index (χ1v) is 17.5. The van der Waals surface area contributed by atoms with Gasteiger partial charge in [0.25, 0.3) is 0 Å². The standard InChI is InChI=1S/C26H50O8Si2/c1-7-29-35(30-8-2,31-9-3)21-13-19-27-23-25-15-17-26(18-16-25)24-28-20-14-22-36(32-10-4,33-11-5)34-12-6/h15-18H,7-14,19-24H2,1-6H3. The van der Waals surface area contributed by atoms with E-state index in [9.17, 15) is 0 Å². The van der Waals surface area contributed by atoms with Crippen molar-refractivity contribution in [3.8, 4) is 0 Å². The predicted molar refractivity (Wildman–Crippen MR) is 146 cm³/mol. The summed E-state index contributed by atoms with van der Waals surface area (Å²) in [6.07, 6.45) is 1.69. The van der Waals surface area contributed by atoms with E-state index in [1.54, 1.807) is 0 Å². The van der Waals surface area contributed by atoms with Crippen molar-refractivity contribution in [2.24, 2.45) is 0 Å². The Morgan fingerprint density at radius 2 is 0.750 bits per heavy atom. The molecule has 0 unspecified atom stereocenters. The summed E-state index contributed by atoms with van der Waals surface area (Å²) in [5, 5.41) is 0. The van der Waals surface area contributed by atoms with Crippen LogP contribution in [-0.4, -0.2) is 70.5 Å². The van der Waals surface area contributed by atoms with Gasteiger partial charge in [-0.2, -0.15) is 0 Å². The van der Waals surface area contributed by atoms with Crippen molar-refractivity contribution in [1.82, 2.24) is 0 Å². The summed E-state index contributed by atoms with van der Waals surface area (Å²) in [4.78, 5) is 0. The summed E-state index contributed by atoms with van der Waals surface area (Å²) in [5.74, 6) is 0. The highest BCUT2D eigenvalue weighted by Crippen LogP contribution is 2.20. The van der Waals surface area contributed by atoms with E-state index in [1.165, 1.54) is 0 Å². The smallest absolute Gasteiger partial charge is 0.377 e. The third-order valence-electron chi connectivity index (χ3n) is 5.29. The van der Waals surface area contributed by atoms with Crippen LogP contribution in [0, 0.1) is 0 Å². The Kier molecular flexibility index (Phi) is 18.8. The molecule has 210 valence electrons. The average molecular weight is 547 g/mol. The van der Waals surface area contributed by atoms with Gasteiger partial charge in [0.15, 0.2) is 0 Å². The highest BCUT2D eigenvalue weighted by Gasteiger charge is 2.40. The van der Waals surface area contributed by atoms with Gasteiger partial charge in [-0.3, -0.25) is 0 Å². The van der Waals surface area contributed by atoms with E-state index in [-0.39, 0.29) is 0 Å². The summed E-state index contributed by atoms with van der Waals surface area (Å²) in [6.45, 7) is 17.9. The Labute approximate surface area is 221 Å². The summed E-state index contributed by atoms with van der Waals surface area (Å²) >= 11 is 0. The van der Waals surface area contributed by atoms with E-state index < -0.39 is 17.6 Å². The van der Waals surface area contributed by atoms with E-state index in [4.69, 9.17) is 36.0 Å². The van der Waals surface area contributed by atoms with Crippen molar-refractivity contribution in [2.45, 2.75) is 79.7 Å². The summed E-state index contributed by atoms with van der Waals surface area (Å²) in [5.41, 5.74) is 2.28. The zero-order chi connectivity index (χ0) is 26.5. The minimum absolute atomic E-state index is 0.576. The zero-order valence-corrected chi connectivity index (χ0v) is 25.5. The topological polar surface area (TPSA) is 73.8 Å². The van der Waals surface area contributed by atoms with Crippen LogP contribution < -0.4 is 0 Å². The van der Waals surface area contributed by atoms with E-state index >= 15 is 0 Å². The van der Waals surface area contributed by atoms with Gasteiger partial charge in [-0.15, -0.1) is 0 Å². The van der Waals surface area contributed by atoms with Crippen LogP contribution in [0.5, 0.6) is 0 Å². The summed E-state index contributed by atoms with van der Waals surface area (Å²) in [6, 6.07) is 9.90. The van der Waals surface area contributed by atoms with E-state index in [0.29, 0.717) is 66.1 Å². The van der Waals surface area contributed by atoms with Gasteiger partial charge in [-0.05, 0) is 65.5 Å². The second-order valence-corrected chi connectivity index (χ2v) is 13.6. The van der Waals surface area contributed by atoms with E-state index in [1.807, 2.05) is 41.5 Å². The van der Waals surface area contributed by atoms with Gasteiger partial charge in [0.1, 0.15) is 0 Å². The van der Waals surface area contributed by atoms with Crippen LogP contribution in [-0.2, 0) is 49.2 Å². The molecular formula is C26H50O8Si2. The maximum Gasteiger partial charge on any atom is 0.501 e. The molecule has 0 saturated heterocycles. The van der Waals surface area contributed by atoms with Crippen molar-refractivity contribution in [3.63, 3.8) is 0 Å². The first-order valence-electron chi connectivity index (χ1n) is 13.6. The van der Waals surface area contributed by atoms with Gasteiger partial charge in [0, 0.05) is 64.9 Å². The van der Waals surface area contributed by atoms with E-state index in [0.717, 1.165) is 36.1 Å². The maximum atomic E-state index is 5.90. The molecule has 0 amide bonds. The lowest BCUT2D eigenvalue weighted by Gasteiger charge is -2.28. The first-order chi connectivity index (χ1) is 17.5. The Balaban J connectivity index is 2.33. The van der Waals surface area contributed by atoms with Gasteiger partial charge in [-0.25, -0.2) is 0 Å². The molecule has 0 saturated carbocycles. The molecule has 8 nitrogen and oxygen atoms in total. The fourth-order valence-electron chi connectivity index (χ4n) is 3.90. The Hall–Kier alpha value is -0.666. The third-order valence-corrected chi connectivity index (χ3v) is 11.6. The third kappa shape index (κ3) is 13.2. The van der Waals surface area contributed by atoms with Crippen LogP contribution >= 0.6 is 0 Å². The molecule has 0 aromatic heterocycles. The van der Waals surface area contributed by atoms with Crippen LogP contribution in [0.2, 0.25) is 12.1 Å². The van der Waals surface area contributed by atoms with Crippen LogP contribution in [0.3, 0.4) is 0 Å². The van der Waals surface area contributed by atoms with Crippen molar-refractivity contribution < 1.29 is 36.0 Å². The molecule has 0 fully saturated rings. The van der Waals surface area contributed by atoms with Crippen LogP contribution in [0.15, 0.2) is 24.3 Å². The Morgan fingerprint density at radius 1 is 0.472 bits per heavy atom. The van der Waals surface area contributed by atoms with Crippen molar-refractivity contribution in [2.75, 3.05) is 52.9 Å². The van der Waals surface area contributed by atoms with Crippen molar-refractivity contribution in [1.29, 1.82) is 0 Å². The van der Waals surface area contributed by atoms with Gasteiger partial charge in [0.05, 0.1) is 13.2 Å². The quantitative estimate of drug-likeness (QED) is 0.123. The van der Waals surface area contributed by atoms with Gasteiger partial charge >= 0.3 is 17.6 Å². The fourth-order valence-corrected chi connectivity index (χ4v) is 9.06. The molecule has 0 bridgehead atoms. The molecule has 0 heterocycles. The lowest BCUT2D eigenvalue weighted by molar-refractivity contribution is 0.0640. The molecule has 0 aliphatic heterocycles. The molecule has 0 spiro atoms. The highest BCUT2D eigenvalue weighted by atomic mass is 28.4. The normalized spacial score (nSPS) is 12.4. The van der Waals surface area contributed by atoms with Crippen molar-refractivity contribution in [3.05, 3.63) is 35.4 Å². The second kappa shape index (κ2) is 20.3. The van der Waals surface area contributed by atoms with Gasteiger partial charge in [-0.1, -0.05) is 24.3 Å². The first kappa shape index (κ1) is 33.4. The summed E-state index contributed by atoms with van der Waals surface area (Å²) in [7, 11) is -5.18. The molecule has 0 radical (unpaired) electrons. The summed E-state index contributed by atoms with van der Waals surface area (Å²) < 4.78 is 47.1. The molecule has 36 heavy (non-hydrogen) atoms. The number of hydrogen-bond acceptors (Lipinski definition) is 8. The van der Waals surface area contributed by atoms with Crippen LogP contribution in [0.1, 0.15) is 65.5 Å². The largest absolute Gasteiger partial charge is 0.501 e. The van der Waals surface area contributed by atoms with E-state index in [2.05, 4.69) is 24.3 Å². The van der Waals surface area contributed by atoms with Gasteiger partial charge < -0.3 is 36.0 Å². The predicted octanol–water partition coefficient (Wildman–Crippen LogP) is 5.60. The number of hydrogen-bond donors (Lipinski definition) is 0. The number of benzene rings is 1. The molecule has 1 rings (SSSR count). The molecule has 1 aromatic rings. The molecule has 0 atom stereocenters. The minimum atomic E-state index is -2.59. The fraction of sp³-hybridized carbons (Fsp3) is 0.769. The maximum absolute atomic E-state index is 5.90. The Morgan fingerprint density at radius 3 is 1.00 bits per heavy atom. The number of rotatable bonds is 24. The van der Waals surface area contributed by atoms with Crippen LogP contribution in [0.25, 0.3) is 0 Å². The number of ether oxygens (including phenoxy) is 2. The molecule has 0 aliphatic rings. The molecular weight excluding hydrogens is 496 g/mol. The second-order valence-electron chi connectivity index (χ2n) is 8.09. The highest BCUT2D eigenvalue weighted by molar-refractivity contribution is 6.61. The SMILES string of the molecule is CCO[Si](CCCOCc1ccc(COCCC[Si](OCC)(OCC)OCC)cc1)(OCC)OCC. The zero-order valence-electron chi connectivity index (χ0n) is 23.5. The van der Waals surface area contributed by atoms with Crippen molar-refractivity contribution >= 4 is 17.6 Å². The van der Waals surface area contributed by atoms with Gasteiger partial charge in [0.2, 0.25) is 0 Å². The lowest BCUT2D eigenvalue weighted by atomic mass is 10.1. The average Bonchev–Trinajstić information content (AvgIpc) is 2.85. The molecule has 0 aliphatic carbocycles.